The molecule has 0 fully saturated rings. The first-order chi connectivity index (χ1) is 5.13. The van der Waals surface area contributed by atoms with E-state index in [4.69, 9.17) is 5.11 Å². The molecular weight excluding hydrogens is 199 g/mol. The quantitative estimate of drug-likeness (QED) is 0.417. The van der Waals surface area contributed by atoms with Gasteiger partial charge in [-0.2, -0.15) is 0 Å². The summed E-state index contributed by atoms with van der Waals surface area (Å²) in [7, 11) is 0. The minimum absolute atomic E-state index is 0. The second kappa shape index (κ2) is 5.31. The van der Waals surface area contributed by atoms with Gasteiger partial charge in [0.1, 0.15) is 5.75 Å². The van der Waals surface area contributed by atoms with E-state index < -0.39 is 5.05 Å². The summed E-state index contributed by atoms with van der Waals surface area (Å²) in [4.78, 5) is 0. The molecule has 0 saturated carbocycles. The Bertz CT molecular complexity index is 299. The third-order valence-corrected chi connectivity index (χ3v) is 1.75. The smallest absolute Gasteiger partial charge is 0.864 e. The van der Waals surface area contributed by atoms with Crippen molar-refractivity contribution >= 4 is 17.3 Å². The minimum Gasteiger partial charge on any atom is -0.864 e. The van der Waals surface area contributed by atoms with Gasteiger partial charge in [0.05, 0.1) is 0 Å². The molecule has 1 aromatic rings. The van der Waals surface area contributed by atoms with Crippen LogP contribution in [0.2, 0.25) is 0 Å². The molecule has 0 radical (unpaired) electrons. The summed E-state index contributed by atoms with van der Waals surface area (Å²) in [5.74, 6) is 0.112. The van der Waals surface area contributed by atoms with Gasteiger partial charge in [0.15, 0.2) is 0 Å². The van der Waals surface area contributed by atoms with Crippen molar-refractivity contribution in [3.05, 3.63) is 29.3 Å². The first kappa shape index (κ1) is 12.5. The van der Waals surface area contributed by atoms with Crippen LogP contribution < -0.4 is 56.5 Å². The van der Waals surface area contributed by atoms with Gasteiger partial charge in [-0.05, 0) is 29.2 Å². The van der Waals surface area contributed by atoms with Crippen LogP contribution in [0.25, 0.3) is 0 Å². The van der Waals surface area contributed by atoms with Gasteiger partial charge in [-0.15, -0.1) is 0 Å². The Labute approximate surface area is 119 Å². The van der Waals surface area contributed by atoms with Crippen molar-refractivity contribution < 1.29 is 61.6 Å². The van der Waals surface area contributed by atoms with Gasteiger partial charge in [0, 0.05) is 0 Å². The summed E-state index contributed by atoms with van der Waals surface area (Å²) in [5.41, 5.74) is 0.951. The fourth-order valence-corrected chi connectivity index (χ4v) is 1.07. The van der Waals surface area contributed by atoms with E-state index in [9.17, 15) is 5.11 Å². The second-order valence-corrected chi connectivity index (χ2v) is 2.61. The normalized spacial score (nSPS) is 8.75. The molecule has 2 nitrogen and oxygen atoms in total. The zero-order chi connectivity index (χ0) is 8.43. The van der Waals surface area contributed by atoms with Gasteiger partial charge < -0.3 is 10.2 Å². The monoisotopic (exact) mass is 206 g/mol. The van der Waals surface area contributed by atoms with Crippen LogP contribution in [0.1, 0.15) is 11.1 Å². The molecule has 0 aliphatic heterocycles. The number of rotatable bonds is 1. The first-order valence-corrected chi connectivity index (χ1v) is 3.53. The zero-order valence-corrected chi connectivity index (χ0v) is 10.9. The van der Waals surface area contributed by atoms with Crippen molar-refractivity contribution in [2.75, 3.05) is 0 Å². The topological polar surface area (TPSA) is 43.3 Å². The van der Waals surface area contributed by atoms with Gasteiger partial charge in [-0.3, -0.25) is 0 Å². The fraction of sp³-hybridized carbons (Fsp3) is 0.125. The van der Waals surface area contributed by atoms with Gasteiger partial charge in [-0.1, -0.05) is 24.4 Å². The number of thiocarbonyl (C=S) groups is 1. The van der Waals surface area contributed by atoms with E-state index in [2.05, 4.69) is 12.2 Å². The maximum absolute atomic E-state index is 10.7. The van der Waals surface area contributed by atoms with E-state index in [0.717, 1.165) is 0 Å². The number of hydrogen-bond donors (Lipinski definition) is 1. The predicted octanol–water partition coefficient (Wildman–Crippen LogP) is -2.26. The fourth-order valence-electron chi connectivity index (χ4n) is 0.845. The van der Waals surface area contributed by atoms with Crippen molar-refractivity contribution in [2.45, 2.75) is 6.92 Å². The minimum atomic E-state index is -0.432. The van der Waals surface area contributed by atoms with Crippen LogP contribution in [0.3, 0.4) is 0 Å². The molecule has 0 atom stereocenters. The Morgan fingerprint density at radius 3 is 2.50 bits per heavy atom. The number of phenols is 1. The van der Waals surface area contributed by atoms with Crippen molar-refractivity contribution in [3.63, 3.8) is 0 Å². The third-order valence-electron chi connectivity index (χ3n) is 1.53. The standard InChI is InChI=1S/C8H8O2S.K/c1-5-6(8(10)11)3-2-4-7(5)9;/h2-4,9H,1H3,(H,10,11);/q;+1/p-1. The Morgan fingerprint density at radius 1 is 1.50 bits per heavy atom. The summed E-state index contributed by atoms with van der Waals surface area (Å²) >= 11 is 4.44. The SMILES string of the molecule is Cc1c(O)cccc1C([O-])=S.[K+]. The van der Waals surface area contributed by atoms with Crippen LogP contribution >= 0.6 is 12.2 Å². The van der Waals surface area contributed by atoms with Gasteiger partial charge in [0.25, 0.3) is 0 Å². The zero-order valence-electron chi connectivity index (χ0n) is 7.00. The van der Waals surface area contributed by atoms with Crippen molar-refractivity contribution in [1.29, 1.82) is 0 Å². The molecule has 0 unspecified atom stereocenters. The molecule has 0 bridgehead atoms. The predicted molar refractivity (Wildman–Crippen MR) is 44.5 cm³/mol. The molecule has 0 saturated heterocycles. The van der Waals surface area contributed by atoms with Crippen LogP contribution in [0.15, 0.2) is 18.2 Å². The van der Waals surface area contributed by atoms with Gasteiger partial charge >= 0.3 is 51.4 Å². The van der Waals surface area contributed by atoms with Gasteiger partial charge in [0.2, 0.25) is 0 Å². The van der Waals surface area contributed by atoms with E-state index in [0.29, 0.717) is 11.1 Å². The molecule has 1 aromatic carbocycles. The number of benzene rings is 1. The molecule has 1 N–H and O–H groups in total. The van der Waals surface area contributed by atoms with Crippen molar-refractivity contribution in [1.82, 2.24) is 0 Å². The van der Waals surface area contributed by atoms with E-state index in [1.165, 1.54) is 6.07 Å². The molecule has 0 spiro atoms. The molecule has 12 heavy (non-hydrogen) atoms. The van der Waals surface area contributed by atoms with Crippen LogP contribution in [-0.4, -0.2) is 10.2 Å². The summed E-state index contributed by atoms with van der Waals surface area (Å²) in [6.45, 7) is 1.66. The first-order valence-electron chi connectivity index (χ1n) is 3.13. The van der Waals surface area contributed by atoms with Crippen LogP contribution in [0.4, 0.5) is 0 Å². The van der Waals surface area contributed by atoms with E-state index in [-0.39, 0.29) is 57.1 Å². The number of phenolic OH excluding ortho intramolecular Hbond substituents is 1. The molecule has 0 heterocycles. The Balaban J connectivity index is 0.00000121. The largest absolute Gasteiger partial charge is 1.00 e. The Kier molecular flexibility index (Phi) is 5.56. The number of aromatic hydroxyl groups is 1. The molecule has 0 amide bonds. The molecule has 0 aliphatic rings. The average Bonchev–Trinajstić information content (AvgIpc) is 1.94. The molecule has 0 aromatic heterocycles. The second-order valence-electron chi connectivity index (χ2n) is 2.24. The molecular formula is C8H7KO2S. The van der Waals surface area contributed by atoms with Gasteiger partial charge in [-0.25, -0.2) is 0 Å². The molecule has 4 heteroatoms. The molecule has 0 aliphatic carbocycles. The van der Waals surface area contributed by atoms with Crippen molar-refractivity contribution in [2.24, 2.45) is 0 Å². The van der Waals surface area contributed by atoms with E-state index >= 15 is 0 Å². The third kappa shape index (κ3) is 2.79. The van der Waals surface area contributed by atoms with E-state index in [1.54, 1.807) is 19.1 Å². The maximum Gasteiger partial charge on any atom is 1.00 e. The van der Waals surface area contributed by atoms with Crippen LogP contribution in [-0.2, 0) is 0 Å². The Hall–Kier alpha value is 0.546. The van der Waals surface area contributed by atoms with Crippen LogP contribution in [0.5, 0.6) is 5.75 Å². The summed E-state index contributed by atoms with van der Waals surface area (Å²) < 4.78 is 0. The molecule has 58 valence electrons. The Morgan fingerprint density at radius 2 is 2.08 bits per heavy atom. The van der Waals surface area contributed by atoms with E-state index in [1.807, 2.05) is 0 Å². The average molecular weight is 206 g/mol. The maximum atomic E-state index is 10.7. The molecule has 1 rings (SSSR count). The number of hydrogen-bond acceptors (Lipinski definition) is 3. The van der Waals surface area contributed by atoms with Crippen LogP contribution in [0, 0.1) is 6.92 Å². The summed E-state index contributed by atoms with van der Waals surface area (Å²) in [6.07, 6.45) is 0. The summed E-state index contributed by atoms with van der Waals surface area (Å²) in [6, 6.07) is 4.73. The van der Waals surface area contributed by atoms with Crippen molar-refractivity contribution in [3.8, 4) is 5.75 Å². The summed E-state index contributed by atoms with van der Waals surface area (Å²) in [5, 5.41) is 19.4.